The molecule has 0 aromatic carbocycles. The number of nitrogens with one attached hydrogen (secondary N) is 2. The number of carbonyl (C=O) groups excluding carboxylic acids is 1. The first-order valence-corrected chi connectivity index (χ1v) is 3.96. The molecule has 0 atom stereocenters. The molecule has 1 heterocycles. The minimum absolute atomic E-state index is 0.0185. The molecular formula is C8H10N4O2. The van der Waals surface area contributed by atoms with Gasteiger partial charge >= 0.3 is 0 Å². The van der Waals surface area contributed by atoms with Gasteiger partial charge in [-0.2, -0.15) is 4.98 Å². The van der Waals surface area contributed by atoms with Gasteiger partial charge in [-0.3, -0.25) is 10.1 Å². The van der Waals surface area contributed by atoms with Gasteiger partial charge in [0.15, 0.2) is 0 Å². The molecule has 74 valence electrons. The minimum atomic E-state index is -0.378. The van der Waals surface area contributed by atoms with Gasteiger partial charge in [-0.15, -0.1) is 6.42 Å². The molecule has 6 nitrogen and oxygen atoms in total. The van der Waals surface area contributed by atoms with E-state index in [1.54, 1.807) is 0 Å². The summed E-state index contributed by atoms with van der Waals surface area (Å²) in [5.41, 5.74) is 0. The highest BCUT2D eigenvalue weighted by Gasteiger charge is 2.11. The van der Waals surface area contributed by atoms with Crippen molar-refractivity contribution in [1.82, 2.24) is 20.8 Å². The highest BCUT2D eigenvalue weighted by molar-refractivity contribution is 5.89. The third-order valence-electron chi connectivity index (χ3n) is 1.40. The number of amides is 1. The van der Waals surface area contributed by atoms with Crippen LogP contribution in [0.2, 0.25) is 0 Å². The van der Waals surface area contributed by atoms with Crippen molar-refractivity contribution in [3.8, 4) is 12.3 Å². The van der Waals surface area contributed by atoms with Crippen LogP contribution in [-0.4, -0.2) is 29.6 Å². The smallest absolute Gasteiger partial charge is 0.292 e. The van der Waals surface area contributed by atoms with Gasteiger partial charge in [0, 0.05) is 7.05 Å². The van der Waals surface area contributed by atoms with E-state index < -0.39 is 0 Å². The molecule has 0 saturated carbocycles. The summed E-state index contributed by atoms with van der Waals surface area (Å²) in [5, 5.41) is 8.72. The van der Waals surface area contributed by atoms with Crippen LogP contribution in [0, 0.1) is 12.3 Å². The lowest BCUT2D eigenvalue weighted by Gasteiger charge is -1.92. The van der Waals surface area contributed by atoms with Gasteiger partial charge in [0.25, 0.3) is 11.7 Å². The van der Waals surface area contributed by atoms with Crippen molar-refractivity contribution in [3.05, 3.63) is 11.7 Å². The molecule has 0 aliphatic carbocycles. The van der Waals surface area contributed by atoms with Gasteiger partial charge in [-0.05, 0) is 0 Å². The fourth-order valence-corrected chi connectivity index (χ4v) is 0.772. The first-order chi connectivity index (χ1) is 6.77. The first kappa shape index (κ1) is 10.2. The van der Waals surface area contributed by atoms with Crippen LogP contribution >= 0.6 is 0 Å². The predicted octanol–water partition coefficient (Wildman–Crippen LogP) is -0.848. The van der Waals surface area contributed by atoms with Crippen LogP contribution < -0.4 is 10.6 Å². The summed E-state index contributed by atoms with van der Waals surface area (Å²) in [7, 11) is 1.49. The highest BCUT2D eigenvalue weighted by Crippen LogP contribution is 1.95. The molecule has 2 N–H and O–H groups in total. The Morgan fingerprint density at radius 1 is 1.71 bits per heavy atom. The van der Waals surface area contributed by atoms with Crippen LogP contribution in [0.1, 0.15) is 16.5 Å². The zero-order valence-electron chi connectivity index (χ0n) is 7.70. The fourth-order valence-electron chi connectivity index (χ4n) is 0.772. The van der Waals surface area contributed by atoms with Crippen LogP contribution in [0.5, 0.6) is 0 Å². The third kappa shape index (κ3) is 2.57. The summed E-state index contributed by atoms with van der Waals surface area (Å²) < 4.78 is 4.78. The number of terminal acetylenes is 1. The third-order valence-corrected chi connectivity index (χ3v) is 1.40. The molecule has 0 bridgehead atoms. The van der Waals surface area contributed by atoms with Crippen LogP contribution in [-0.2, 0) is 6.54 Å². The van der Waals surface area contributed by atoms with E-state index in [0.29, 0.717) is 19.0 Å². The fraction of sp³-hybridized carbons (Fsp3) is 0.375. The molecule has 0 unspecified atom stereocenters. The molecule has 0 aliphatic heterocycles. The second-order valence-corrected chi connectivity index (χ2v) is 2.40. The quantitative estimate of drug-likeness (QED) is 0.482. The molecule has 0 radical (unpaired) electrons. The Morgan fingerprint density at radius 2 is 2.50 bits per heavy atom. The minimum Gasteiger partial charge on any atom is -0.352 e. The van der Waals surface area contributed by atoms with Crippen molar-refractivity contribution in [3.63, 3.8) is 0 Å². The average Bonchev–Trinajstić information content (AvgIpc) is 2.66. The molecule has 0 fully saturated rings. The lowest BCUT2D eigenvalue weighted by molar-refractivity contribution is 0.0950. The van der Waals surface area contributed by atoms with E-state index in [2.05, 4.69) is 26.7 Å². The van der Waals surface area contributed by atoms with Crippen LogP contribution in [0.15, 0.2) is 4.52 Å². The number of aromatic nitrogens is 2. The Morgan fingerprint density at radius 3 is 3.14 bits per heavy atom. The number of nitrogens with zero attached hydrogens (tertiary/aromatic N) is 2. The van der Waals surface area contributed by atoms with Crippen molar-refractivity contribution < 1.29 is 9.32 Å². The van der Waals surface area contributed by atoms with Gasteiger partial charge in [-0.25, -0.2) is 0 Å². The van der Waals surface area contributed by atoms with E-state index in [9.17, 15) is 4.79 Å². The zero-order chi connectivity index (χ0) is 10.4. The Labute approximate surface area is 81.1 Å². The predicted molar refractivity (Wildman–Crippen MR) is 48.2 cm³/mol. The van der Waals surface area contributed by atoms with Gasteiger partial charge in [0.2, 0.25) is 5.89 Å². The van der Waals surface area contributed by atoms with E-state index >= 15 is 0 Å². The van der Waals surface area contributed by atoms with Crippen LogP contribution in [0.4, 0.5) is 0 Å². The molecule has 0 saturated heterocycles. The molecule has 0 spiro atoms. The van der Waals surface area contributed by atoms with Gasteiger partial charge in [0.1, 0.15) is 0 Å². The average molecular weight is 194 g/mol. The molecule has 1 aromatic heterocycles. The van der Waals surface area contributed by atoms with Gasteiger partial charge in [-0.1, -0.05) is 11.1 Å². The van der Waals surface area contributed by atoms with Crippen molar-refractivity contribution in [2.75, 3.05) is 13.6 Å². The molecule has 1 aromatic rings. The summed E-state index contributed by atoms with van der Waals surface area (Å²) in [6, 6.07) is 0. The molecule has 6 heteroatoms. The Bertz CT molecular complexity index is 352. The number of hydrogen-bond donors (Lipinski definition) is 2. The van der Waals surface area contributed by atoms with E-state index in [-0.39, 0.29) is 11.7 Å². The topological polar surface area (TPSA) is 80.0 Å². The van der Waals surface area contributed by atoms with Crippen molar-refractivity contribution in [1.29, 1.82) is 0 Å². The Balaban J connectivity index is 2.51. The number of carbonyl (C=O) groups is 1. The summed E-state index contributed by atoms with van der Waals surface area (Å²) in [4.78, 5) is 14.8. The SMILES string of the molecule is C#CCNCc1nc(C(=O)NC)no1. The normalized spacial score (nSPS) is 9.43. The van der Waals surface area contributed by atoms with Crippen molar-refractivity contribution in [2.45, 2.75) is 6.54 Å². The Kier molecular flexibility index (Phi) is 3.64. The second-order valence-electron chi connectivity index (χ2n) is 2.40. The summed E-state index contributed by atoms with van der Waals surface area (Å²) >= 11 is 0. The van der Waals surface area contributed by atoms with E-state index in [1.165, 1.54) is 7.05 Å². The standard InChI is InChI=1S/C8H10N4O2/c1-3-4-10-5-6-11-7(12-14-6)8(13)9-2/h1,10H,4-5H2,2H3,(H,9,13). The van der Waals surface area contributed by atoms with Crippen LogP contribution in [0.3, 0.4) is 0 Å². The summed E-state index contributed by atoms with van der Waals surface area (Å²) in [6.45, 7) is 0.770. The molecule has 1 rings (SSSR count). The second kappa shape index (κ2) is 4.99. The molecule has 0 aliphatic rings. The monoisotopic (exact) mass is 194 g/mol. The van der Waals surface area contributed by atoms with E-state index in [0.717, 1.165) is 0 Å². The van der Waals surface area contributed by atoms with Gasteiger partial charge in [0.05, 0.1) is 13.1 Å². The Hall–Kier alpha value is -1.87. The number of hydrogen-bond acceptors (Lipinski definition) is 5. The summed E-state index contributed by atoms with van der Waals surface area (Å²) in [5.74, 6) is 2.37. The highest BCUT2D eigenvalue weighted by atomic mass is 16.5. The van der Waals surface area contributed by atoms with E-state index in [4.69, 9.17) is 10.9 Å². The van der Waals surface area contributed by atoms with E-state index in [1.807, 2.05) is 0 Å². The molecule has 14 heavy (non-hydrogen) atoms. The lowest BCUT2D eigenvalue weighted by atomic mass is 10.5. The molecule has 1 amide bonds. The van der Waals surface area contributed by atoms with Crippen molar-refractivity contribution in [2.24, 2.45) is 0 Å². The maximum Gasteiger partial charge on any atom is 0.292 e. The van der Waals surface area contributed by atoms with Crippen molar-refractivity contribution >= 4 is 5.91 Å². The summed E-state index contributed by atoms with van der Waals surface area (Å²) in [6.07, 6.45) is 5.02. The molecular weight excluding hydrogens is 184 g/mol. The van der Waals surface area contributed by atoms with Crippen LogP contribution in [0.25, 0.3) is 0 Å². The first-order valence-electron chi connectivity index (χ1n) is 3.96. The lowest BCUT2D eigenvalue weighted by Crippen LogP contribution is -2.19. The number of rotatable bonds is 4. The zero-order valence-corrected chi connectivity index (χ0v) is 7.70. The maximum atomic E-state index is 11.0. The largest absolute Gasteiger partial charge is 0.352 e. The van der Waals surface area contributed by atoms with Gasteiger partial charge < -0.3 is 9.84 Å². The maximum absolute atomic E-state index is 11.0.